The summed E-state index contributed by atoms with van der Waals surface area (Å²) < 4.78 is 0. The van der Waals surface area contributed by atoms with E-state index in [1.165, 1.54) is 11.8 Å². The molecule has 1 rings (SSSR count). The number of carboxylic acid groups (broad SMARTS) is 1. The van der Waals surface area contributed by atoms with Crippen molar-refractivity contribution in [3.8, 4) is 0 Å². The molecule has 0 aliphatic carbocycles. The summed E-state index contributed by atoms with van der Waals surface area (Å²) in [6.07, 6.45) is 0.868. The summed E-state index contributed by atoms with van der Waals surface area (Å²) >= 11 is 1.18. The van der Waals surface area contributed by atoms with Gasteiger partial charge in [0.1, 0.15) is 5.25 Å². The van der Waals surface area contributed by atoms with Crippen molar-refractivity contribution in [1.82, 2.24) is 5.32 Å². The van der Waals surface area contributed by atoms with Crippen LogP contribution >= 0.6 is 11.8 Å². The number of nitrogens with one attached hydrogen (secondary N) is 1. The van der Waals surface area contributed by atoms with Gasteiger partial charge in [-0.1, -0.05) is 19.1 Å². The number of hydrogen-bond donors (Lipinski definition) is 2. The first kappa shape index (κ1) is 14.6. The molecule has 1 atom stereocenters. The van der Waals surface area contributed by atoms with Gasteiger partial charge >= 0.3 is 5.97 Å². The topological polar surface area (TPSA) is 66.4 Å². The average Bonchev–Trinajstić information content (AvgIpc) is 2.36. The molecule has 18 heavy (non-hydrogen) atoms. The molecule has 1 unspecified atom stereocenters. The Bertz CT molecular complexity index is 434. The smallest absolute Gasteiger partial charge is 0.316 e. The highest BCUT2D eigenvalue weighted by atomic mass is 32.2. The van der Waals surface area contributed by atoms with E-state index in [4.69, 9.17) is 5.11 Å². The summed E-state index contributed by atoms with van der Waals surface area (Å²) in [5.41, 5.74) is 0.532. The lowest BCUT2D eigenvalue weighted by atomic mass is 10.2. The molecule has 0 fully saturated rings. The molecular weight excluding hydrogens is 250 g/mol. The average molecular weight is 267 g/mol. The van der Waals surface area contributed by atoms with Gasteiger partial charge in [-0.15, -0.1) is 11.8 Å². The fourth-order valence-corrected chi connectivity index (χ4v) is 2.26. The predicted molar refractivity (Wildman–Crippen MR) is 72.0 cm³/mol. The molecule has 0 bridgehead atoms. The van der Waals surface area contributed by atoms with Crippen molar-refractivity contribution < 1.29 is 14.7 Å². The molecule has 0 saturated heterocycles. The molecule has 0 saturated carbocycles. The fourth-order valence-electron chi connectivity index (χ4n) is 1.33. The molecule has 0 radical (unpaired) electrons. The van der Waals surface area contributed by atoms with Crippen LogP contribution in [0, 0.1) is 0 Å². The van der Waals surface area contributed by atoms with Crippen LogP contribution < -0.4 is 5.32 Å². The van der Waals surface area contributed by atoms with Crippen LogP contribution in [0.3, 0.4) is 0 Å². The third-order valence-electron chi connectivity index (χ3n) is 2.32. The lowest BCUT2D eigenvalue weighted by Crippen LogP contribution is -2.24. The second-order valence-corrected chi connectivity index (χ2v) is 5.23. The molecule has 0 heterocycles. The van der Waals surface area contributed by atoms with E-state index in [1.54, 1.807) is 31.2 Å². The number of aliphatic carboxylic acids is 1. The monoisotopic (exact) mass is 267 g/mol. The third-order valence-corrected chi connectivity index (χ3v) is 3.48. The molecule has 1 aromatic rings. The van der Waals surface area contributed by atoms with Gasteiger partial charge < -0.3 is 10.4 Å². The Kier molecular flexibility index (Phi) is 5.71. The quantitative estimate of drug-likeness (QED) is 0.777. The van der Waals surface area contributed by atoms with Crippen LogP contribution in [-0.2, 0) is 4.79 Å². The normalized spacial score (nSPS) is 11.9. The summed E-state index contributed by atoms with van der Waals surface area (Å²) in [7, 11) is 0. The Balaban J connectivity index is 2.85. The van der Waals surface area contributed by atoms with Gasteiger partial charge in [0, 0.05) is 11.4 Å². The van der Waals surface area contributed by atoms with Gasteiger partial charge in [0.15, 0.2) is 0 Å². The van der Waals surface area contributed by atoms with Crippen molar-refractivity contribution in [2.24, 2.45) is 0 Å². The maximum Gasteiger partial charge on any atom is 0.316 e. The van der Waals surface area contributed by atoms with Gasteiger partial charge in [-0.05, 0) is 25.5 Å². The molecule has 0 aromatic heterocycles. The SMILES string of the molecule is CCCNC(=O)c1ccccc1SC(C)C(=O)O. The molecule has 98 valence electrons. The molecule has 2 N–H and O–H groups in total. The largest absolute Gasteiger partial charge is 0.480 e. The lowest BCUT2D eigenvalue weighted by molar-refractivity contribution is -0.136. The van der Waals surface area contributed by atoms with E-state index in [9.17, 15) is 9.59 Å². The zero-order chi connectivity index (χ0) is 13.5. The van der Waals surface area contributed by atoms with Gasteiger partial charge in [-0.2, -0.15) is 0 Å². The zero-order valence-electron chi connectivity index (χ0n) is 10.5. The number of carboxylic acids is 1. The summed E-state index contributed by atoms with van der Waals surface area (Å²) in [5.74, 6) is -1.04. The number of amides is 1. The summed E-state index contributed by atoms with van der Waals surface area (Å²) in [6, 6.07) is 7.05. The summed E-state index contributed by atoms with van der Waals surface area (Å²) in [5, 5.41) is 11.1. The van der Waals surface area contributed by atoms with Crippen LogP contribution in [0.4, 0.5) is 0 Å². The molecular formula is C13H17NO3S. The molecule has 0 spiro atoms. The highest BCUT2D eigenvalue weighted by molar-refractivity contribution is 8.00. The number of benzene rings is 1. The predicted octanol–water partition coefficient (Wildman–Crippen LogP) is 2.39. The number of rotatable bonds is 6. The maximum atomic E-state index is 11.9. The molecule has 5 heteroatoms. The first-order valence-corrected chi connectivity index (χ1v) is 6.71. The molecule has 0 aliphatic rings. The number of carbonyl (C=O) groups is 2. The Morgan fingerprint density at radius 3 is 2.67 bits per heavy atom. The lowest BCUT2D eigenvalue weighted by Gasteiger charge is -2.11. The van der Waals surface area contributed by atoms with Crippen LogP contribution in [0.5, 0.6) is 0 Å². The summed E-state index contributed by atoms with van der Waals surface area (Å²) in [4.78, 5) is 23.4. The zero-order valence-corrected chi connectivity index (χ0v) is 11.3. The van der Waals surface area contributed by atoms with Gasteiger partial charge in [0.05, 0.1) is 5.56 Å². The number of hydrogen-bond acceptors (Lipinski definition) is 3. The second-order valence-electron chi connectivity index (χ2n) is 3.85. The van der Waals surface area contributed by atoms with E-state index in [0.717, 1.165) is 6.42 Å². The second kappa shape index (κ2) is 7.06. The molecule has 0 aliphatic heterocycles. The summed E-state index contributed by atoms with van der Waals surface area (Å²) in [6.45, 7) is 4.20. The van der Waals surface area contributed by atoms with Crippen LogP contribution in [0.15, 0.2) is 29.2 Å². The van der Waals surface area contributed by atoms with Crippen LogP contribution in [0.1, 0.15) is 30.6 Å². The highest BCUT2D eigenvalue weighted by Crippen LogP contribution is 2.26. The molecule has 1 aromatic carbocycles. The minimum absolute atomic E-state index is 0.155. The minimum Gasteiger partial charge on any atom is -0.480 e. The van der Waals surface area contributed by atoms with Gasteiger partial charge in [-0.25, -0.2) is 0 Å². The van der Waals surface area contributed by atoms with E-state index in [-0.39, 0.29) is 5.91 Å². The van der Waals surface area contributed by atoms with Crippen molar-refractivity contribution in [3.05, 3.63) is 29.8 Å². The molecule has 1 amide bonds. The Labute approximate surface area is 111 Å². The van der Waals surface area contributed by atoms with E-state index in [1.807, 2.05) is 6.92 Å². The fraction of sp³-hybridized carbons (Fsp3) is 0.385. The maximum absolute atomic E-state index is 11.9. The number of thioether (sulfide) groups is 1. The van der Waals surface area contributed by atoms with Gasteiger partial charge in [0.25, 0.3) is 5.91 Å². The van der Waals surface area contributed by atoms with Crippen LogP contribution in [-0.4, -0.2) is 28.8 Å². The van der Waals surface area contributed by atoms with Gasteiger partial charge in [-0.3, -0.25) is 9.59 Å². The van der Waals surface area contributed by atoms with Crippen molar-refractivity contribution >= 4 is 23.6 Å². The van der Waals surface area contributed by atoms with E-state index < -0.39 is 11.2 Å². The molecule has 4 nitrogen and oxygen atoms in total. The van der Waals surface area contributed by atoms with Crippen LogP contribution in [0.2, 0.25) is 0 Å². The highest BCUT2D eigenvalue weighted by Gasteiger charge is 2.17. The standard InChI is InChI=1S/C13H17NO3S/c1-3-8-14-12(15)10-6-4-5-7-11(10)18-9(2)13(16)17/h4-7,9H,3,8H2,1-2H3,(H,14,15)(H,16,17). The van der Waals surface area contributed by atoms with E-state index in [2.05, 4.69) is 5.32 Å². The Morgan fingerprint density at radius 2 is 2.06 bits per heavy atom. The van der Waals surface area contributed by atoms with E-state index >= 15 is 0 Å². The third kappa shape index (κ3) is 4.07. The first-order valence-electron chi connectivity index (χ1n) is 5.83. The minimum atomic E-state index is -0.885. The van der Waals surface area contributed by atoms with Crippen molar-refractivity contribution in [3.63, 3.8) is 0 Å². The van der Waals surface area contributed by atoms with Gasteiger partial charge in [0.2, 0.25) is 0 Å². The Hall–Kier alpha value is -1.49. The van der Waals surface area contributed by atoms with Crippen molar-refractivity contribution in [1.29, 1.82) is 0 Å². The number of carbonyl (C=O) groups excluding carboxylic acids is 1. The first-order chi connectivity index (χ1) is 8.56. The van der Waals surface area contributed by atoms with E-state index in [0.29, 0.717) is 17.0 Å². The van der Waals surface area contributed by atoms with Crippen LogP contribution in [0.25, 0.3) is 0 Å². The Morgan fingerprint density at radius 1 is 1.39 bits per heavy atom. The van der Waals surface area contributed by atoms with Crippen molar-refractivity contribution in [2.75, 3.05) is 6.54 Å². The van der Waals surface area contributed by atoms with Crippen molar-refractivity contribution in [2.45, 2.75) is 30.4 Å².